The summed E-state index contributed by atoms with van der Waals surface area (Å²) in [7, 11) is 1.63. The van der Waals surface area contributed by atoms with E-state index in [0.717, 1.165) is 33.5 Å². The standard InChI is InChI=1S/C19H12ClIN6O2S/c1-28-9-17-24-25-18-13-6-11(20)2-5-15(13)27-10-23-14(16(27)8-26(17)18)4-3-12-7-22-19(29-21)30-12/h2,5-7,10H,8-9H2,1H3. The monoisotopic (exact) mass is 550 g/mol. The van der Waals surface area contributed by atoms with Crippen molar-refractivity contribution in [3.63, 3.8) is 0 Å². The van der Waals surface area contributed by atoms with Crippen LogP contribution in [0.4, 0.5) is 0 Å². The molecule has 3 aromatic heterocycles. The third-order valence-electron chi connectivity index (χ3n) is 4.59. The summed E-state index contributed by atoms with van der Waals surface area (Å²) >= 11 is 9.46. The molecule has 0 N–H and O–H groups in total. The van der Waals surface area contributed by atoms with E-state index in [0.29, 0.717) is 29.1 Å². The average Bonchev–Trinajstić information content (AvgIpc) is 3.45. The van der Waals surface area contributed by atoms with Gasteiger partial charge in [-0.3, -0.25) is 4.57 Å². The Kier molecular flexibility index (Phi) is 5.20. The molecular weight excluding hydrogens is 539 g/mol. The third kappa shape index (κ3) is 3.37. The lowest BCUT2D eigenvalue weighted by molar-refractivity contribution is 0.174. The van der Waals surface area contributed by atoms with Gasteiger partial charge in [-0.05, 0) is 30.0 Å². The maximum atomic E-state index is 6.28. The van der Waals surface area contributed by atoms with E-state index in [1.807, 2.05) is 27.3 Å². The van der Waals surface area contributed by atoms with Crippen LogP contribution in [0.15, 0.2) is 30.7 Å². The molecule has 4 heterocycles. The SMILES string of the molecule is COCc1nnc2n1Cc1c(C#Cc3cnc(OI)s3)ncn1-c1ccc(Cl)cc1-2. The summed E-state index contributed by atoms with van der Waals surface area (Å²) in [6.45, 7) is 0.847. The molecule has 5 rings (SSSR count). The number of fused-ring (bicyclic) bond motifs is 5. The van der Waals surface area contributed by atoms with Crippen molar-refractivity contribution in [3.8, 4) is 34.1 Å². The Balaban J connectivity index is 1.66. The van der Waals surface area contributed by atoms with Crippen molar-refractivity contribution in [3.05, 3.63) is 57.8 Å². The molecule has 0 amide bonds. The van der Waals surface area contributed by atoms with Crippen molar-refractivity contribution < 1.29 is 7.80 Å². The first-order valence-corrected chi connectivity index (χ1v) is 10.8. The molecule has 0 aliphatic carbocycles. The predicted octanol–water partition coefficient (Wildman–Crippen LogP) is 3.88. The Morgan fingerprint density at radius 1 is 1.27 bits per heavy atom. The number of hydrogen-bond donors (Lipinski definition) is 0. The highest BCUT2D eigenvalue weighted by atomic mass is 127. The van der Waals surface area contributed by atoms with Crippen LogP contribution in [-0.4, -0.2) is 36.4 Å². The Morgan fingerprint density at radius 3 is 2.97 bits per heavy atom. The maximum absolute atomic E-state index is 6.28. The van der Waals surface area contributed by atoms with E-state index in [4.69, 9.17) is 19.4 Å². The second kappa shape index (κ2) is 7.99. The number of aromatic nitrogens is 6. The molecule has 0 fully saturated rings. The van der Waals surface area contributed by atoms with Crippen LogP contribution >= 0.6 is 45.9 Å². The Labute approximate surface area is 194 Å². The summed E-state index contributed by atoms with van der Waals surface area (Å²) in [4.78, 5) is 9.50. The normalized spacial score (nSPS) is 11.7. The zero-order valence-electron chi connectivity index (χ0n) is 15.5. The highest BCUT2D eigenvalue weighted by Gasteiger charge is 2.25. The fraction of sp³-hybridized carbons (Fsp3) is 0.158. The number of rotatable bonds is 3. The van der Waals surface area contributed by atoms with Gasteiger partial charge in [0.05, 0.1) is 24.1 Å². The van der Waals surface area contributed by atoms with Crippen LogP contribution in [0.1, 0.15) is 22.1 Å². The van der Waals surface area contributed by atoms with Crippen LogP contribution in [-0.2, 0) is 17.9 Å². The number of halogens is 2. The number of nitrogens with zero attached hydrogens (tertiary/aromatic N) is 6. The summed E-state index contributed by atoms with van der Waals surface area (Å²) in [6, 6.07) is 5.69. The largest absolute Gasteiger partial charge is 0.399 e. The topological polar surface area (TPSA) is 79.9 Å². The molecule has 8 nitrogen and oxygen atoms in total. The van der Waals surface area contributed by atoms with Gasteiger partial charge in [-0.25, -0.2) is 9.97 Å². The quantitative estimate of drug-likeness (QED) is 0.251. The smallest absolute Gasteiger partial charge is 0.284 e. The molecule has 1 aliphatic heterocycles. The highest BCUT2D eigenvalue weighted by molar-refractivity contribution is 14.1. The molecule has 0 atom stereocenters. The molecule has 1 aromatic carbocycles. The van der Waals surface area contributed by atoms with Gasteiger partial charge in [0.2, 0.25) is 0 Å². The van der Waals surface area contributed by atoms with Gasteiger partial charge in [0, 0.05) is 17.7 Å². The zero-order valence-corrected chi connectivity index (χ0v) is 19.2. The second-order valence-corrected chi connectivity index (χ2v) is 8.22. The van der Waals surface area contributed by atoms with Gasteiger partial charge in [0.15, 0.2) is 34.7 Å². The second-order valence-electron chi connectivity index (χ2n) is 6.35. The van der Waals surface area contributed by atoms with Crippen molar-refractivity contribution in [1.82, 2.24) is 29.3 Å². The molecule has 0 spiro atoms. The van der Waals surface area contributed by atoms with E-state index < -0.39 is 0 Å². The average molecular weight is 551 g/mol. The van der Waals surface area contributed by atoms with Gasteiger partial charge in [-0.15, -0.1) is 10.2 Å². The fourth-order valence-corrected chi connectivity index (χ4v) is 4.38. The van der Waals surface area contributed by atoms with Crippen molar-refractivity contribution in [2.45, 2.75) is 13.2 Å². The van der Waals surface area contributed by atoms with Crippen molar-refractivity contribution >= 4 is 45.9 Å². The number of benzene rings is 1. The molecule has 0 saturated carbocycles. The van der Waals surface area contributed by atoms with Gasteiger partial charge in [0.1, 0.15) is 23.5 Å². The van der Waals surface area contributed by atoms with Crippen LogP contribution in [0, 0.1) is 11.8 Å². The molecule has 0 radical (unpaired) electrons. The van der Waals surface area contributed by atoms with Gasteiger partial charge < -0.3 is 12.4 Å². The zero-order chi connectivity index (χ0) is 20.7. The molecule has 11 heteroatoms. The summed E-state index contributed by atoms with van der Waals surface area (Å²) < 4.78 is 14.4. The lowest BCUT2D eigenvalue weighted by Crippen LogP contribution is -2.09. The van der Waals surface area contributed by atoms with E-state index in [2.05, 4.69) is 32.0 Å². The van der Waals surface area contributed by atoms with Gasteiger partial charge in [-0.1, -0.05) is 22.9 Å². The van der Waals surface area contributed by atoms with Crippen molar-refractivity contribution in [2.75, 3.05) is 7.11 Å². The third-order valence-corrected chi connectivity index (χ3v) is 6.33. The number of methoxy groups -OCH3 is 1. The number of hydrogen-bond acceptors (Lipinski definition) is 7. The molecule has 4 aromatic rings. The van der Waals surface area contributed by atoms with E-state index in [1.54, 1.807) is 42.6 Å². The number of ether oxygens (including phenoxy) is 1. The summed E-state index contributed by atoms with van der Waals surface area (Å²) in [5, 5.41) is 9.89. The Hall–Kier alpha value is -2.46. The molecular formula is C19H12ClIN6O2S. The molecule has 0 unspecified atom stereocenters. The Bertz CT molecular complexity index is 1320. The van der Waals surface area contributed by atoms with E-state index >= 15 is 0 Å². The molecule has 0 bridgehead atoms. The lowest BCUT2D eigenvalue weighted by atomic mass is 10.1. The summed E-state index contributed by atoms with van der Waals surface area (Å²) in [6.07, 6.45) is 3.46. The van der Waals surface area contributed by atoms with Crippen molar-refractivity contribution in [2.24, 2.45) is 0 Å². The van der Waals surface area contributed by atoms with Crippen LogP contribution in [0.25, 0.3) is 17.1 Å². The van der Waals surface area contributed by atoms with Crippen LogP contribution in [0.2, 0.25) is 5.02 Å². The fourth-order valence-electron chi connectivity index (χ4n) is 3.29. The predicted molar refractivity (Wildman–Crippen MR) is 120 cm³/mol. The van der Waals surface area contributed by atoms with Gasteiger partial charge in [0.25, 0.3) is 5.19 Å². The molecule has 0 saturated heterocycles. The molecule has 150 valence electrons. The van der Waals surface area contributed by atoms with Gasteiger partial charge >= 0.3 is 0 Å². The minimum absolute atomic E-state index is 0.345. The van der Waals surface area contributed by atoms with Crippen molar-refractivity contribution in [1.29, 1.82) is 0 Å². The first kappa shape index (κ1) is 19.5. The molecule has 1 aliphatic rings. The Morgan fingerprint density at radius 2 is 2.17 bits per heavy atom. The van der Waals surface area contributed by atoms with E-state index in [1.165, 1.54) is 11.3 Å². The minimum Gasteiger partial charge on any atom is -0.399 e. The van der Waals surface area contributed by atoms with Crippen LogP contribution in [0.3, 0.4) is 0 Å². The number of imidazole rings is 1. The minimum atomic E-state index is 0.345. The van der Waals surface area contributed by atoms with E-state index in [-0.39, 0.29) is 0 Å². The van der Waals surface area contributed by atoms with Gasteiger partial charge in [-0.2, -0.15) is 0 Å². The first-order valence-electron chi connectivity index (χ1n) is 8.72. The number of thiazole rings is 1. The van der Waals surface area contributed by atoms with E-state index in [9.17, 15) is 0 Å². The highest BCUT2D eigenvalue weighted by Crippen LogP contribution is 2.34. The molecule has 30 heavy (non-hydrogen) atoms. The first-order chi connectivity index (χ1) is 14.7. The summed E-state index contributed by atoms with van der Waals surface area (Å²) in [5.74, 6) is 7.74. The summed E-state index contributed by atoms with van der Waals surface area (Å²) in [5.41, 5.74) is 3.39. The van der Waals surface area contributed by atoms with Crippen LogP contribution < -0.4 is 3.07 Å². The maximum Gasteiger partial charge on any atom is 0.284 e. The van der Waals surface area contributed by atoms with Crippen LogP contribution in [0.5, 0.6) is 5.19 Å². The lowest BCUT2D eigenvalue weighted by Gasteiger charge is -2.08.